The minimum absolute atomic E-state index is 0.128. The van der Waals surface area contributed by atoms with Crippen LogP contribution in [0.1, 0.15) is 34.1 Å². The molecule has 2 atom stereocenters. The van der Waals surface area contributed by atoms with E-state index in [-0.39, 0.29) is 23.8 Å². The lowest BCUT2D eigenvalue weighted by atomic mass is 9.87. The molecule has 88 valence electrons. The average Bonchev–Trinajstić information content (AvgIpc) is 1.99. The van der Waals surface area contributed by atoms with Crippen molar-refractivity contribution in [3.63, 3.8) is 0 Å². The van der Waals surface area contributed by atoms with Gasteiger partial charge in [-0.05, 0) is 12.3 Å². The quantitative estimate of drug-likeness (QED) is 0.602. The summed E-state index contributed by atoms with van der Waals surface area (Å²) in [5.41, 5.74) is 10.5. The van der Waals surface area contributed by atoms with Crippen LogP contribution in [0.4, 0.5) is 0 Å². The third-order valence-corrected chi connectivity index (χ3v) is 2.11. The van der Waals surface area contributed by atoms with Gasteiger partial charge < -0.3 is 16.8 Å². The lowest BCUT2D eigenvalue weighted by Crippen LogP contribution is -2.51. The number of carbonyl (C=O) groups excluding carboxylic acids is 2. The standard InChI is InChI=1S/C10H21N3O2/c1-6(5-7(11)14)13-9(15)8(12)10(2,3)4/h6,8H,5,12H2,1-4H3,(H2,11,14)(H,13,15). The first kappa shape index (κ1) is 13.9. The van der Waals surface area contributed by atoms with Gasteiger partial charge in [-0.15, -0.1) is 0 Å². The average molecular weight is 215 g/mol. The fraction of sp³-hybridized carbons (Fsp3) is 0.800. The number of hydrogen-bond acceptors (Lipinski definition) is 3. The Hall–Kier alpha value is -1.10. The zero-order valence-electron chi connectivity index (χ0n) is 9.83. The molecular weight excluding hydrogens is 194 g/mol. The van der Waals surface area contributed by atoms with Crippen molar-refractivity contribution in [1.29, 1.82) is 0 Å². The van der Waals surface area contributed by atoms with Gasteiger partial charge in [-0.3, -0.25) is 9.59 Å². The molecule has 0 aromatic rings. The second-order valence-electron chi connectivity index (χ2n) is 4.92. The second kappa shape index (κ2) is 5.11. The van der Waals surface area contributed by atoms with Gasteiger partial charge in [0.15, 0.2) is 0 Å². The third-order valence-electron chi connectivity index (χ3n) is 2.11. The molecule has 5 N–H and O–H groups in total. The van der Waals surface area contributed by atoms with Crippen molar-refractivity contribution in [1.82, 2.24) is 5.32 Å². The predicted molar refractivity (Wildman–Crippen MR) is 58.8 cm³/mol. The molecule has 0 aromatic carbocycles. The van der Waals surface area contributed by atoms with Crippen LogP contribution >= 0.6 is 0 Å². The number of carbonyl (C=O) groups is 2. The summed E-state index contributed by atoms with van der Waals surface area (Å²) in [5.74, 6) is -0.691. The highest BCUT2D eigenvalue weighted by Gasteiger charge is 2.28. The van der Waals surface area contributed by atoms with Crippen LogP contribution in [-0.2, 0) is 9.59 Å². The van der Waals surface area contributed by atoms with Crippen LogP contribution in [-0.4, -0.2) is 23.9 Å². The molecule has 0 radical (unpaired) electrons. The Labute approximate surface area is 90.6 Å². The third kappa shape index (κ3) is 5.37. The predicted octanol–water partition coefficient (Wildman–Crippen LogP) is -0.260. The summed E-state index contributed by atoms with van der Waals surface area (Å²) in [6.07, 6.45) is 0.128. The minimum Gasteiger partial charge on any atom is -0.370 e. The minimum atomic E-state index is -0.590. The topological polar surface area (TPSA) is 98.2 Å². The summed E-state index contributed by atoms with van der Waals surface area (Å²) >= 11 is 0. The van der Waals surface area contributed by atoms with Crippen LogP contribution in [0.3, 0.4) is 0 Å². The number of rotatable bonds is 4. The van der Waals surface area contributed by atoms with Gasteiger partial charge in [0.05, 0.1) is 6.04 Å². The zero-order chi connectivity index (χ0) is 12.2. The molecule has 2 amide bonds. The second-order valence-corrected chi connectivity index (χ2v) is 4.92. The van der Waals surface area contributed by atoms with Crippen LogP contribution < -0.4 is 16.8 Å². The number of primary amides is 1. The summed E-state index contributed by atoms with van der Waals surface area (Å²) < 4.78 is 0. The van der Waals surface area contributed by atoms with Gasteiger partial charge in [-0.25, -0.2) is 0 Å². The Bertz CT molecular complexity index is 246. The molecule has 0 saturated carbocycles. The van der Waals surface area contributed by atoms with Crippen LogP contribution in [0, 0.1) is 5.41 Å². The van der Waals surface area contributed by atoms with Crippen LogP contribution in [0.25, 0.3) is 0 Å². The van der Waals surface area contributed by atoms with E-state index in [1.54, 1.807) is 6.92 Å². The van der Waals surface area contributed by atoms with Crippen molar-refractivity contribution in [2.75, 3.05) is 0 Å². The van der Waals surface area contributed by atoms with E-state index in [4.69, 9.17) is 11.5 Å². The molecule has 0 rings (SSSR count). The van der Waals surface area contributed by atoms with E-state index in [1.165, 1.54) is 0 Å². The SMILES string of the molecule is CC(CC(N)=O)NC(=O)C(N)C(C)(C)C. The highest BCUT2D eigenvalue weighted by molar-refractivity contribution is 5.83. The lowest BCUT2D eigenvalue weighted by molar-refractivity contribution is -0.125. The fourth-order valence-corrected chi connectivity index (χ4v) is 1.08. The van der Waals surface area contributed by atoms with E-state index < -0.39 is 11.9 Å². The number of nitrogens with one attached hydrogen (secondary N) is 1. The van der Waals surface area contributed by atoms with Crippen molar-refractivity contribution in [3.8, 4) is 0 Å². The molecule has 0 saturated heterocycles. The number of nitrogens with two attached hydrogens (primary N) is 2. The van der Waals surface area contributed by atoms with E-state index in [2.05, 4.69) is 5.32 Å². The van der Waals surface area contributed by atoms with Crippen molar-refractivity contribution in [3.05, 3.63) is 0 Å². The highest BCUT2D eigenvalue weighted by Crippen LogP contribution is 2.17. The maximum absolute atomic E-state index is 11.6. The maximum Gasteiger partial charge on any atom is 0.237 e. The van der Waals surface area contributed by atoms with Crippen molar-refractivity contribution in [2.45, 2.75) is 46.2 Å². The van der Waals surface area contributed by atoms with Gasteiger partial charge in [0, 0.05) is 12.5 Å². The largest absolute Gasteiger partial charge is 0.370 e. The van der Waals surface area contributed by atoms with E-state index in [0.29, 0.717) is 0 Å². The molecule has 0 fully saturated rings. The Morgan fingerprint density at radius 3 is 2.13 bits per heavy atom. The number of hydrogen-bond donors (Lipinski definition) is 3. The fourth-order valence-electron chi connectivity index (χ4n) is 1.08. The van der Waals surface area contributed by atoms with Gasteiger partial charge >= 0.3 is 0 Å². The molecule has 0 aliphatic heterocycles. The molecule has 5 heteroatoms. The molecule has 0 aromatic heterocycles. The van der Waals surface area contributed by atoms with Crippen molar-refractivity contribution >= 4 is 11.8 Å². The van der Waals surface area contributed by atoms with E-state index >= 15 is 0 Å². The van der Waals surface area contributed by atoms with Crippen molar-refractivity contribution < 1.29 is 9.59 Å². The normalized spacial score (nSPS) is 15.5. The van der Waals surface area contributed by atoms with E-state index in [0.717, 1.165) is 0 Å². The summed E-state index contributed by atoms with van der Waals surface area (Å²) in [6.45, 7) is 7.38. The van der Waals surface area contributed by atoms with Crippen molar-refractivity contribution in [2.24, 2.45) is 16.9 Å². The molecule has 15 heavy (non-hydrogen) atoms. The van der Waals surface area contributed by atoms with Gasteiger partial charge in [0.1, 0.15) is 0 Å². The molecule has 0 aliphatic carbocycles. The molecule has 0 bridgehead atoms. The van der Waals surface area contributed by atoms with Crippen LogP contribution in [0.15, 0.2) is 0 Å². The molecular formula is C10H21N3O2. The first-order valence-corrected chi connectivity index (χ1v) is 4.99. The van der Waals surface area contributed by atoms with Gasteiger partial charge in [-0.1, -0.05) is 20.8 Å². The molecule has 0 spiro atoms. The molecule has 2 unspecified atom stereocenters. The first-order chi connectivity index (χ1) is 6.64. The Kier molecular flexibility index (Phi) is 4.74. The summed E-state index contributed by atoms with van der Waals surface area (Å²) in [4.78, 5) is 22.2. The van der Waals surface area contributed by atoms with Crippen LogP contribution in [0.5, 0.6) is 0 Å². The Morgan fingerprint density at radius 2 is 1.80 bits per heavy atom. The lowest BCUT2D eigenvalue weighted by Gasteiger charge is -2.27. The van der Waals surface area contributed by atoms with E-state index in [1.807, 2.05) is 20.8 Å². The maximum atomic E-state index is 11.6. The van der Waals surface area contributed by atoms with E-state index in [9.17, 15) is 9.59 Å². The Morgan fingerprint density at radius 1 is 1.33 bits per heavy atom. The smallest absolute Gasteiger partial charge is 0.237 e. The van der Waals surface area contributed by atoms with Gasteiger partial charge in [0.25, 0.3) is 0 Å². The molecule has 5 nitrogen and oxygen atoms in total. The van der Waals surface area contributed by atoms with Gasteiger partial charge in [-0.2, -0.15) is 0 Å². The molecule has 0 heterocycles. The summed E-state index contributed by atoms with van der Waals surface area (Å²) in [5, 5.41) is 2.65. The summed E-state index contributed by atoms with van der Waals surface area (Å²) in [7, 11) is 0. The number of amides is 2. The van der Waals surface area contributed by atoms with Gasteiger partial charge in [0.2, 0.25) is 11.8 Å². The first-order valence-electron chi connectivity index (χ1n) is 4.99. The Balaban J connectivity index is 4.19. The summed E-state index contributed by atoms with van der Waals surface area (Å²) in [6, 6.07) is -0.865. The van der Waals surface area contributed by atoms with Crippen LogP contribution in [0.2, 0.25) is 0 Å². The monoisotopic (exact) mass is 215 g/mol. The highest BCUT2D eigenvalue weighted by atomic mass is 16.2. The zero-order valence-corrected chi connectivity index (χ0v) is 9.83. The molecule has 0 aliphatic rings.